The first kappa shape index (κ1) is 21.9. The van der Waals surface area contributed by atoms with Crippen molar-refractivity contribution in [2.75, 3.05) is 5.32 Å². The quantitative estimate of drug-likeness (QED) is 0.387. The van der Waals surface area contributed by atoms with E-state index in [1.165, 1.54) is 0 Å². The third kappa shape index (κ3) is 5.31. The number of carboxylic acids is 1. The maximum absolute atomic E-state index is 13.2. The molecule has 33 heavy (non-hydrogen) atoms. The molecular formula is C27H23N3O3. The molecular weight excluding hydrogens is 414 g/mol. The molecule has 0 aliphatic heterocycles. The van der Waals surface area contributed by atoms with Gasteiger partial charge < -0.3 is 16.2 Å². The predicted molar refractivity (Wildman–Crippen MR) is 129 cm³/mol. The fourth-order valence-electron chi connectivity index (χ4n) is 3.60. The Morgan fingerprint density at radius 2 is 1.55 bits per heavy atom. The topological polar surface area (TPSA) is 105 Å². The molecule has 0 fully saturated rings. The molecule has 1 amide bonds. The van der Waals surface area contributed by atoms with Gasteiger partial charge in [-0.25, -0.2) is 4.98 Å². The Hall–Kier alpha value is -4.29. The summed E-state index contributed by atoms with van der Waals surface area (Å²) < 4.78 is 0. The van der Waals surface area contributed by atoms with Crippen LogP contribution in [0, 0.1) is 0 Å². The van der Waals surface area contributed by atoms with E-state index in [0.29, 0.717) is 23.5 Å². The number of carboxylic acid groups (broad SMARTS) is 1. The van der Waals surface area contributed by atoms with Crippen LogP contribution in [0.5, 0.6) is 0 Å². The molecule has 0 unspecified atom stereocenters. The van der Waals surface area contributed by atoms with Crippen LogP contribution in [0.2, 0.25) is 0 Å². The third-order valence-corrected chi connectivity index (χ3v) is 5.23. The maximum atomic E-state index is 13.2. The van der Waals surface area contributed by atoms with Gasteiger partial charge in [-0.3, -0.25) is 9.59 Å². The minimum atomic E-state index is -0.969. The largest absolute Gasteiger partial charge is 0.481 e. The molecule has 0 radical (unpaired) electrons. The average Bonchev–Trinajstić information content (AvgIpc) is 2.85. The van der Waals surface area contributed by atoms with E-state index in [2.05, 4.69) is 10.3 Å². The van der Waals surface area contributed by atoms with Crippen molar-refractivity contribution in [2.45, 2.75) is 13.0 Å². The van der Waals surface area contributed by atoms with Gasteiger partial charge in [0.15, 0.2) is 0 Å². The van der Waals surface area contributed by atoms with Gasteiger partial charge in [0.2, 0.25) is 0 Å². The lowest BCUT2D eigenvalue weighted by molar-refractivity contribution is -0.136. The number of para-hydroxylation sites is 1. The molecule has 164 valence electrons. The minimum Gasteiger partial charge on any atom is -0.481 e. The summed E-state index contributed by atoms with van der Waals surface area (Å²) in [6.07, 6.45) is -0.189. The van der Waals surface area contributed by atoms with Crippen molar-refractivity contribution in [1.82, 2.24) is 4.98 Å². The Kier molecular flexibility index (Phi) is 6.57. The predicted octanol–water partition coefficient (Wildman–Crippen LogP) is 4.75. The number of amides is 1. The molecule has 4 aromatic rings. The van der Waals surface area contributed by atoms with Crippen LogP contribution in [-0.2, 0) is 17.8 Å². The van der Waals surface area contributed by atoms with Gasteiger partial charge in [-0.15, -0.1) is 0 Å². The summed E-state index contributed by atoms with van der Waals surface area (Å²) in [5, 5.41) is 12.0. The molecule has 0 atom stereocenters. The van der Waals surface area contributed by atoms with Crippen molar-refractivity contribution in [2.24, 2.45) is 5.73 Å². The summed E-state index contributed by atoms with van der Waals surface area (Å²) in [7, 11) is 0. The van der Waals surface area contributed by atoms with Crippen LogP contribution in [0.3, 0.4) is 0 Å². The number of nitrogens with two attached hydrogens (primary N) is 1. The van der Waals surface area contributed by atoms with Crippen molar-refractivity contribution >= 4 is 17.6 Å². The first-order chi connectivity index (χ1) is 16.0. The number of pyridine rings is 1. The molecule has 1 heterocycles. The lowest BCUT2D eigenvalue weighted by atomic mass is 10.0. The molecule has 0 aliphatic rings. The smallest absolute Gasteiger partial charge is 0.307 e. The van der Waals surface area contributed by atoms with Crippen LogP contribution in [0.15, 0.2) is 91.0 Å². The zero-order valence-electron chi connectivity index (χ0n) is 17.9. The summed E-state index contributed by atoms with van der Waals surface area (Å²) in [6.45, 7) is 0.403. The van der Waals surface area contributed by atoms with Crippen LogP contribution in [0.25, 0.3) is 22.4 Å². The van der Waals surface area contributed by atoms with Gasteiger partial charge in [0.25, 0.3) is 5.91 Å². The minimum absolute atomic E-state index is 0.189. The van der Waals surface area contributed by atoms with Crippen LogP contribution in [-0.4, -0.2) is 22.0 Å². The van der Waals surface area contributed by atoms with Crippen LogP contribution in [0.4, 0.5) is 5.69 Å². The maximum Gasteiger partial charge on any atom is 0.307 e. The molecule has 0 saturated heterocycles. The molecule has 6 nitrogen and oxygen atoms in total. The Morgan fingerprint density at radius 1 is 0.818 bits per heavy atom. The van der Waals surface area contributed by atoms with Gasteiger partial charge in [-0.1, -0.05) is 66.7 Å². The van der Waals surface area contributed by atoms with Gasteiger partial charge >= 0.3 is 5.97 Å². The van der Waals surface area contributed by atoms with Gasteiger partial charge in [0.1, 0.15) is 5.69 Å². The number of hydrogen-bond acceptors (Lipinski definition) is 4. The van der Waals surface area contributed by atoms with Crippen LogP contribution in [0.1, 0.15) is 21.6 Å². The zero-order valence-corrected chi connectivity index (χ0v) is 17.9. The van der Waals surface area contributed by atoms with Crippen LogP contribution >= 0.6 is 0 Å². The van der Waals surface area contributed by atoms with E-state index < -0.39 is 11.9 Å². The summed E-state index contributed by atoms with van der Waals surface area (Å²) in [5.41, 5.74) is 11.3. The van der Waals surface area contributed by atoms with Gasteiger partial charge in [-0.05, 0) is 46.5 Å². The van der Waals surface area contributed by atoms with Crippen molar-refractivity contribution in [3.63, 3.8) is 0 Å². The number of carbonyl (C=O) groups is 2. The summed E-state index contributed by atoms with van der Waals surface area (Å²) in [6, 6.07) is 28.0. The normalized spacial score (nSPS) is 10.6. The van der Waals surface area contributed by atoms with E-state index in [-0.39, 0.29) is 12.1 Å². The number of anilines is 1. The number of rotatable bonds is 7. The Labute approximate surface area is 191 Å². The molecule has 0 saturated carbocycles. The van der Waals surface area contributed by atoms with Gasteiger partial charge in [0, 0.05) is 17.8 Å². The first-order valence-electron chi connectivity index (χ1n) is 10.5. The molecule has 3 aromatic carbocycles. The number of nitrogens with one attached hydrogen (secondary N) is 1. The standard InChI is InChI=1S/C27H23N3O3/c28-17-18-7-6-11-20(13-18)24-14-22(19-8-2-1-3-9-19)15-25(29-24)27(33)30-23-12-5-4-10-21(23)16-26(31)32/h1-15H,16-17,28H2,(H,30,33)(H,31,32). The second-order valence-electron chi connectivity index (χ2n) is 7.58. The summed E-state index contributed by atoms with van der Waals surface area (Å²) >= 11 is 0. The molecule has 4 N–H and O–H groups in total. The molecule has 6 heteroatoms. The van der Waals surface area contributed by atoms with E-state index in [0.717, 1.165) is 22.3 Å². The lowest BCUT2D eigenvalue weighted by Crippen LogP contribution is -2.16. The lowest BCUT2D eigenvalue weighted by Gasteiger charge is -2.12. The van der Waals surface area contributed by atoms with Crippen LogP contribution < -0.4 is 11.1 Å². The number of benzene rings is 3. The average molecular weight is 437 g/mol. The Morgan fingerprint density at radius 3 is 2.30 bits per heavy atom. The Balaban J connectivity index is 1.76. The number of nitrogens with zero attached hydrogens (tertiary/aromatic N) is 1. The number of aliphatic carboxylic acids is 1. The number of aromatic nitrogens is 1. The summed E-state index contributed by atoms with van der Waals surface area (Å²) in [5.74, 6) is -1.38. The summed E-state index contributed by atoms with van der Waals surface area (Å²) in [4.78, 5) is 29.0. The number of hydrogen-bond donors (Lipinski definition) is 3. The molecule has 0 aliphatic carbocycles. The molecule has 1 aromatic heterocycles. The third-order valence-electron chi connectivity index (χ3n) is 5.23. The first-order valence-corrected chi connectivity index (χ1v) is 10.5. The SMILES string of the molecule is NCc1cccc(-c2cc(-c3ccccc3)cc(C(=O)Nc3ccccc3CC(=O)O)n2)c1. The molecule has 4 rings (SSSR count). The van der Waals surface area contributed by atoms with Gasteiger partial charge in [0.05, 0.1) is 12.1 Å². The van der Waals surface area contributed by atoms with E-state index in [1.807, 2.05) is 60.7 Å². The van der Waals surface area contributed by atoms with Crippen molar-refractivity contribution in [3.8, 4) is 22.4 Å². The second-order valence-corrected chi connectivity index (χ2v) is 7.58. The van der Waals surface area contributed by atoms with E-state index in [1.54, 1.807) is 30.3 Å². The fourth-order valence-corrected chi connectivity index (χ4v) is 3.60. The van der Waals surface area contributed by atoms with E-state index in [9.17, 15) is 14.7 Å². The number of carbonyl (C=O) groups excluding carboxylic acids is 1. The highest BCUT2D eigenvalue weighted by Crippen LogP contribution is 2.27. The highest BCUT2D eigenvalue weighted by Gasteiger charge is 2.15. The molecule has 0 bridgehead atoms. The van der Waals surface area contributed by atoms with Crippen molar-refractivity contribution in [3.05, 3.63) is 108 Å². The monoisotopic (exact) mass is 437 g/mol. The van der Waals surface area contributed by atoms with E-state index in [4.69, 9.17) is 5.73 Å². The fraction of sp³-hybridized carbons (Fsp3) is 0.0741. The van der Waals surface area contributed by atoms with E-state index >= 15 is 0 Å². The zero-order chi connectivity index (χ0) is 23.2. The highest BCUT2D eigenvalue weighted by atomic mass is 16.4. The second kappa shape index (κ2) is 9.89. The van der Waals surface area contributed by atoms with Crippen molar-refractivity contribution < 1.29 is 14.7 Å². The molecule has 0 spiro atoms. The highest BCUT2D eigenvalue weighted by molar-refractivity contribution is 6.04. The van der Waals surface area contributed by atoms with Gasteiger partial charge in [-0.2, -0.15) is 0 Å². The van der Waals surface area contributed by atoms with Crippen molar-refractivity contribution in [1.29, 1.82) is 0 Å². The Bertz CT molecular complexity index is 1300.